The summed E-state index contributed by atoms with van der Waals surface area (Å²) in [6.07, 6.45) is 19.1. The molecule has 0 nitrogen and oxygen atoms in total. The molecule has 11 rings (SSSR count). The lowest BCUT2D eigenvalue weighted by molar-refractivity contribution is 1.22. The Morgan fingerprint density at radius 1 is 0.309 bits per heavy atom. The summed E-state index contributed by atoms with van der Waals surface area (Å²) >= 11 is 0. The zero-order valence-corrected chi connectivity index (χ0v) is 40.3. The summed E-state index contributed by atoms with van der Waals surface area (Å²) in [6.45, 7) is 10.4. The Morgan fingerprint density at radius 2 is 0.632 bits per heavy atom. The fourth-order valence-electron chi connectivity index (χ4n) is 8.84. The first-order valence-electron chi connectivity index (χ1n) is 24.2. The van der Waals surface area contributed by atoms with Crippen molar-refractivity contribution in [3.63, 3.8) is 0 Å². The van der Waals surface area contributed by atoms with Gasteiger partial charge in [-0.1, -0.05) is 279 Å². The molecule has 0 saturated heterocycles. The number of rotatable bonds is 6. The molecule has 0 saturated carbocycles. The Hall–Kier alpha value is -7.80. The molecular formula is C68H62. The first-order valence-corrected chi connectivity index (χ1v) is 24.2. The minimum absolute atomic E-state index is 0.993. The maximum Gasteiger partial charge on any atom is -0.00105 e. The van der Waals surface area contributed by atoms with Crippen LogP contribution >= 0.6 is 0 Å². The third kappa shape index (κ3) is 11.8. The number of benzene rings is 8. The highest BCUT2D eigenvalue weighted by atomic mass is 14.3. The molecule has 0 aliphatic heterocycles. The number of hydrogen-bond acceptors (Lipinski definition) is 0. The predicted molar refractivity (Wildman–Crippen MR) is 295 cm³/mol. The molecule has 0 bridgehead atoms. The molecule has 8 aromatic carbocycles. The third-order valence-electron chi connectivity index (χ3n) is 12.7. The van der Waals surface area contributed by atoms with E-state index in [0.29, 0.717) is 0 Å². The summed E-state index contributed by atoms with van der Waals surface area (Å²) in [5, 5.41) is 0. The minimum Gasteiger partial charge on any atom is -0.0804 e. The zero-order chi connectivity index (χ0) is 47.1. The second kappa shape index (κ2) is 23.1. The van der Waals surface area contributed by atoms with Crippen LogP contribution in [-0.2, 0) is 0 Å². The van der Waals surface area contributed by atoms with Crippen molar-refractivity contribution in [2.45, 2.75) is 53.9 Å². The van der Waals surface area contributed by atoms with Crippen molar-refractivity contribution in [2.24, 2.45) is 0 Å². The van der Waals surface area contributed by atoms with Gasteiger partial charge in [0.2, 0.25) is 0 Å². The molecule has 0 unspecified atom stereocenters. The molecule has 0 heterocycles. The van der Waals surface area contributed by atoms with E-state index in [2.05, 4.69) is 257 Å². The summed E-state index contributed by atoms with van der Waals surface area (Å²) in [4.78, 5) is 0. The molecule has 0 radical (unpaired) electrons. The number of fused-ring (bicyclic) bond motifs is 2. The van der Waals surface area contributed by atoms with Crippen molar-refractivity contribution in [3.8, 4) is 55.6 Å². The van der Waals surface area contributed by atoms with Gasteiger partial charge in [-0.05, 0) is 129 Å². The first kappa shape index (κ1) is 46.7. The van der Waals surface area contributed by atoms with E-state index in [1.807, 2.05) is 26.0 Å². The Balaban J connectivity index is 0.000000139. The highest BCUT2D eigenvalue weighted by Crippen LogP contribution is 2.45. The van der Waals surface area contributed by atoms with Gasteiger partial charge in [0.05, 0.1) is 0 Å². The molecular weight excluding hydrogens is 817 g/mol. The van der Waals surface area contributed by atoms with E-state index in [9.17, 15) is 0 Å². The Morgan fingerprint density at radius 3 is 1.01 bits per heavy atom. The molecule has 3 aliphatic rings. The van der Waals surface area contributed by atoms with Gasteiger partial charge in [0.15, 0.2) is 0 Å². The standard InChI is InChI=1S/C28H24.2C19H16.C2H6/c1-20-11-13-21(14-12-20)22-15-17-23(18-16-22)25-9-5-6-10-27-26-8-4-2-3-7-24(26)19-28(25)27;2*1-15-7-9-17(10-8-15)19-13-11-18(12-14-19)16-5-3-2-4-6-16;1-2/h3-8,10-18H,2,9,19H2,1H3;2*2-14H,1H3;1-2H3. The smallest absolute Gasteiger partial charge is 0.00105 e. The van der Waals surface area contributed by atoms with Crippen molar-refractivity contribution in [3.05, 3.63) is 293 Å². The fraction of sp³-hybridized carbons (Fsp3) is 0.118. The normalized spacial score (nSPS) is 13.3. The topological polar surface area (TPSA) is 0 Å². The third-order valence-corrected chi connectivity index (χ3v) is 12.7. The summed E-state index contributed by atoms with van der Waals surface area (Å²) in [5.41, 5.74) is 25.1. The number of hydrogen-bond donors (Lipinski definition) is 0. The second-order valence-corrected chi connectivity index (χ2v) is 17.4. The van der Waals surface area contributed by atoms with Crippen molar-refractivity contribution in [2.75, 3.05) is 0 Å². The van der Waals surface area contributed by atoms with Gasteiger partial charge >= 0.3 is 0 Å². The average Bonchev–Trinajstić information content (AvgIpc) is 3.52. The fourth-order valence-corrected chi connectivity index (χ4v) is 8.84. The van der Waals surface area contributed by atoms with Crippen LogP contribution in [0.5, 0.6) is 0 Å². The molecule has 0 fully saturated rings. The van der Waals surface area contributed by atoms with Crippen molar-refractivity contribution >= 4 is 5.57 Å². The summed E-state index contributed by atoms with van der Waals surface area (Å²) in [5.74, 6) is 0. The number of allylic oxidation sites excluding steroid dienone is 12. The van der Waals surface area contributed by atoms with E-state index in [0.717, 1.165) is 19.3 Å². The lowest BCUT2D eigenvalue weighted by atomic mass is 9.91. The minimum atomic E-state index is 0.993. The van der Waals surface area contributed by atoms with Crippen LogP contribution < -0.4 is 0 Å². The molecule has 3 aliphatic carbocycles. The van der Waals surface area contributed by atoms with E-state index in [1.165, 1.54) is 106 Å². The first-order chi connectivity index (χ1) is 33.4. The monoisotopic (exact) mass is 878 g/mol. The molecule has 8 aromatic rings. The van der Waals surface area contributed by atoms with E-state index < -0.39 is 0 Å². The van der Waals surface area contributed by atoms with Gasteiger partial charge in [0.1, 0.15) is 0 Å². The van der Waals surface area contributed by atoms with Crippen LogP contribution in [-0.4, -0.2) is 0 Å². The molecule has 0 N–H and O–H groups in total. The van der Waals surface area contributed by atoms with Gasteiger partial charge in [0.25, 0.3) is 0 Å². The van der Waals surface area contributed by atoms with Crippen molar-refractivity contribution < 1.29 is 0 Å². The SMILES string of the molecule is CC.Cc1ccc(-c2ccc(-c3ccccc3)cc2)cc1.Cc1ccc(-c2ccc(-c3ccccc3)cc2)cc1.Cc1ccc(-c2ccc(C3=C4CC5=C(C=CCC=C5)C4=CC=CC3)cc2)cc1. The predicted octanol–water partition coefficient (Wildman–Crippen LogP) is 19.2. The molecule has 0 spiro atoms. The van der Waals surface area contributed by atoms with E-state index >= 15 is 0 Å². The quantitative estimate of drug-likeness (QED) is 0.156. The largest absolute Gasteiger partial charge is 0.0804 e. The van der Waals surface area contributed by atoms with Gasteiger partial charge in [-0.15, -0.1) is 0 Å². The van der Waals surface area contributed by atoms with Gasteiger partial charge < -0.3 is 0 Å². The lowest BCUT2D eigenvalue weighted by Crippen LogP contribution is -1.92. The molecule has 334 valence electrons. The Labute approximate surface area is 406 Å². The summed E-state index contributed by atoms with van der Waals surface area (Å²) < 4.78 is 0. The van der Waals surface area contributed by atoms with Crippen molar-refractivity contribution in [1.29, 1.82) is 0 Å². The van der Waals surface area contributed by atoms with Gasteiger partial charge in [0, 0.05) is 0 Å². The van der Waals surface area contributed by atoms with E-state index in [-0.39, 0.29) is 0 Å². The average molecular weight is 879 g/mol. The molecule has 0 amide bonds. The molecule has 0 aromatic heterocycles. The van der Waals surface area contributed by atoms with E-state index in [4.69, 9.17) is 0 Å². The van der Waals surface area contributed by atoms with Crippen LogP contribution in [0, 0.1) is 20.8 Å². The number of aryl methyl sites for hydroxylation is 3. The maximum atomic E-state index is 2.32. The molecule has 0 atom stereocenters. The van der Waals surface area contributed by atoms with Gasteiger partial charge in [-0.3, -0.25) is 0 Å². The summed E-state index contributed by atoms with van der Waals surface area (Å²) in [6, 6.07) is 73.6. The van der Waals surface area contributed by atoms with Crippen LogP contribution in [0.2, 0.25) is 0 Å². The van der Waals surface area contributed by atoms with Crippen LogP contribution in [0.3, 0.4) is 0 Å². The Kier molecular flexibility index (Phi) is 15.9. The van der Waals surface area contributed by atoms with Crippen LogP contribution in [0.15, 0.2) is 271 Å². The van der Waals surface area contributed by atoms with Gasteiger partial charge in [-0.25, -0.2) is 0 Å². The Bertz CT molecular complexity index is 2930. The highest BCUT2D eigenvalue weighted by molar-refractivity contribution is 5.82. The maximum absolute atomic E-state index is 2.32. The van der Waals surface area contributed by atoms with Crippen molar-refractivity contribution in [1.82, 2.24) is 0 Å². The second-order valence-electron chi connectivity index (χ2n) is 17.4. The highest BCUT2D eigenvalue weighted by Gasteiger charge is 2.25. The van der Waals surface area contributed by atoms with Crippen LogP contribution in [0.4, 0.5) is 0 Å². The summed E-state index contributed by atoms with van der Waals surface area (Å²) in [7, 11) is 0. The van der Waals surface area contributed by atoms with Gasteiger partial charge in [-0.2, -0.15) is 0 Å². The zero-order valence-electron chi connectivity index (χ0n) is 40.3. The molecule has 0 heteroatoms. The molecule has 68 heavy (non-hydrogen) atoms. The van der Waals surface area contributed by atoms with E-state index in [1.54, 1.807) is 0 Å². The lowest BCUT2D eigenvalue weighted by Gasteiger charge is -2.13. The van der Waals surface area contributed by atoms with Crippen LogP contribution in [0.1, 0.15) is 55.4 Å². The van der Waals surface area contributed by atoms with Crippen LogP contribution in [0.25, 0.3) is 61.2 Å².